The van der Waals surface area contributed by atoms with E-state index in [2.05, 4.69) is 40.3 Å². The highest BCUT2D eigenvalue weighted by Crippen LogP contribution is 2.29. The van der Waals surface area contributed by atoms with Crippen LogP contribution in [0.4, 0.5) is 0 Å². The fourth-order valence-corrected chi connectivity index (χ4v) is 3.63. The number of hydrogen-bond donors (Lipinski definition) is 1. The van der Waals surface area contributed by atoms with E-state index in [4.69, 9.17) is 0 Å². The van der Waals surface area contributed by atoms with Crippen molar-refractivity contribution in [1.82, 2.24) is 9.88 Å². The summed E-state index contributed by atoms with van der Waals surface area (Å²) >= 11 is 0. The Labute approximate surface area is 121 Å². The average molecular weight is 268 g/mol. The van der Waals surface area contributed by atoms with E-state index in [1.165, 1.54) is 61.5 Å². The summed E-state index contributed by atoms with van der Waals surface area (Å²) in [7, 11) is 0. The normalized spacial score (nSPS) is 20.0. The summed E-state index contributed by atoms with van der Waals surface area (Å²) < 4.78 is 2.51. The lowest BCUT2D eigenvalue weighted by Gasteiger charge is -2.11. The van der Waals surface area contributed by atoms with Gasteiger partial charge < -0.3 is 9.88 Å². The fraction of sp³-hybridized carbons (Fsp3) is 0.556. The zero-order chi connectivity index (χ0) is 13.4. The van der Waals surface area contributed by atoms with Crippen molar-refractivity contribution in [3.8, 4) is 0 Å². The predicted octanol–water partition coefficient (Wildman–Crippen LogP) is 4.08. The molecule has 1 aromatic carbocycles. The van der Waals surface area contributed by atoms with E-state index in [0.717, 1.165) is 18.5 Å². The third-order valence-corrected chi connectivity index (χ3v) is 4.96. The van der Waals surface area contributed by atoms with E-state index in [9.17, 15) is 0 Å². The average Bonchev–Trinajstić information content (AvgIpc) is 3.05. The summed E-state index contributed by atoms with van der Waals surface area (Å²) in [5, 5.41) is 5.10. The van der Waals surface area contributed by atoms with Gasteiger partial charge in [0.15, 0.2) is 0 Å². The van der Waals surface area contributed by atoms with Gasteiger partial charge in [0.2, 0.25) is 0 Å². The molecule has 0 spiro atoms. The van der Waals surface area contributed by atoms with E-state index in [1.807, 2.05) is 0 Å². The van der Waals surface area contributed by atoms with Gasteiger partial charge in [-0.15, -0.1) is 0 Å². The molecular formula is C18H24N2. The minimum atomic E-state index is 0.784. The highest BCUT2D eigenvalue weighted by atomic mass is 15.0. The Kier molecular flexibility index (Phi) is 3.27. The second kappa shape index (κ2) is 5.25. The van der Waals surface area contributed by atoms with Crippen molar-refractivity contribution in [3.63, 3.8) is 0 Å². The van der Waals surface area contributed by atoms with Crippen molar-refractivity contribution >= 4 is 10.9 Å². The molecule has 2 saturated carbocycles. The van der Waals surface area contributed by atoms with Gasteiger partial charge in [-0.3, -0.25) is 0 Å². The molecule has 2 heteroatoms. The Morgan fingerprint density at radius 2 is 1.85 bits per heavy atom. The molecule has 0 amide bonds. The molecule has 0 bridgehead atoms. The van der Waals surface area contributed by atoms with Crippen LogP contribution in [0.1, 0.15) is 44.1 Å². The van der Waals surface area contributed by atoms with Gasteiger partial charge in [0, 0.05) is 36.2 Å². The van der Waals surface area contributed by atoms with Crippen LogP contribution in [0.25, 0.3) is 10.9 Å². The van der Waals surface area contributed by atoms with Crippen molar-refractivity contribution in [2.24, 2.45) is 5.92 Å². The third-order valence-electron chi connectivity index (χ3n) is 4.96. The van der Waals surface area contributed by atoms with Crippen molar-refractivity contribution in [1.29, 1.82) is 0 Å². The van der Waals surface area contributed by atoms with Crippen LogP contribution in [0.5, 0.6) is 0 Å². The van der Waals surface area contributed by atoms with Gasteiger partial charge in [-0.05, 0) is 43.2 Å². The minimum absolute atomic E-state index is 0.784. The number of hydrogen-bond acceptors (Lipinski definition) is 1. The van der Waals surface area contributed by atoms with E-state index < -0.39 is 0 Å². The number of benzene rings is 1. The van der Waals surface area contributed by atoms with Gasteiger partial charge in [-0.1, -0.05) is 31.0 Å². The number of para-hydroxylation sites is 1. The van der Waals surface area contributed by atoms with Crippen LogP contribution in [0.2, 0.25) is 0 Å². The molecule has 2 aliphatic carbocycles. The first kappa shape index (κ1) is 12.5. The van der Waals surface area contributed by atoms with Crippen LogP contribution in [-0.2, 0) is 13.1 Å². The quantitative estimate of drug-likeness (QED) is 0.864. The maximum atomic E-state index is 3.66. The van der Waals surface area contributed by atoms with Gasteiger partial charge >= 0.3 is 0 Å². The number of fused-ring (bicyclic) bond motifs is 1. The Morgan fingerprint density at radius 3 is 2.65 bits per heavy atom. The highest BCUT2D eigenvalue weighted by Gasteiger charge is 2.21. The largest absolute Gasteiger partial charge is 0.347 e. The summed E-state index contributed by atoms with van der Waals surface area (Å²) in [4.78, 5) is 0. The van der Waals surface area contributed by atoms with Crippen LogP contribution in [0, 0.1) is 5.92 Å². The molecule has 2 aromatic rings. The minimum Gasteiger partial charge on any atom is -0.347 e. The predicted molar refractivity (Wildman–Crippen MR) is 83.8 cm³/mol. The Bertz CT molecular complexity index is 588. The van der Waals surface area contributed by atoms with Crippen molar-refractivity contribution < 1.29 is 0 Å². The maximum absolute atomic E-state index is 3.66. The van der Waals surface area contributed by atoms with Gasteiger partial charge in [0.1, 0.15) is 0 Å². The molecule has 1 N–H and O–H groups in total. The molecule has 2 aliphatic rings. The third kappa shape index (κ3) is 2.49. The lowest BCUT2D eigenvalue weighted by atomic mass is 10.1. The van der Waals surface area contributed by atoms with Crippen molar-refractivity contribution in [2.75, 3.05) is 0 Å². The Morgan fingerprint density at radius 1 is 1.05 bits per heavy atom. The summed E-state index contributed by atoms with van der Waals surface area (Å²) in [6.07, 6.45) is 10.8. The molecule has 0 atom stereocenters. The summed E-state index contributed by atoms with van der Waals surface area (Å²) in [6.45, 7) is 2.24. The van der Waals surface area contributed by atoms with Crippen LogP contribution < -0.4 is 5.32 Å². The van der Waals surface area contributed by atoms with Gasteiger partial charge in [0.05, 0.1) is 0 Å². The van der Waals surface area contributed by atoms with Crippen molar-refractivity contribution in [2.45, 2.75) is 57.7 Å². The molecule has 2 nitrogen and oxygen atoms in total. The molecule has 0 aliphatic heterocycles. The number of nitrogens with one attached hydrogen (secondary N) is 1. The van der Waals surface area contributed by atoms with Gasteiger partial charge in [-0.2, -0.15) is 0 Å². The molecule has 0 unspecified atom stereocenters. The molecule has 20 heavy (non-hydrogen) atoms. The smallest absolute Gasteiger partial charge is 0.0483 e. The molecule has 0 saturated heterocycles. The maximum Gasteiger partial charge on any atom is 0.0483 e. The molecule has 0 radical (unpaired) electrons. The van der Waals surface area contributed by atoms with E-state index in [0.29, 0.717) is 0 Å². The number of nitrogens with zero attached hydrogens (tertiary/aromatic N) is 1. The molecular weight excluding hydrogens is 244 g/mol. The second-order valence-electron chi connectivity index (χ2n) is 6.63. The SMILES string of the molecule is c1ccc2c(c1)c(CNC1CC1)cn2CC1CCCC1. The van der Waals surface area contributed by atoms with Crippen LogP contribution in [0.3, 0.4) is 0 Å². The highest BCUT2D eigenvalue weighted by molar-refractivity contribution is 5.83. The molecule has 106 valence electrons. The van der Waals surface area contributed by atoms with Crippen LogP contribution in [0.15, 0.2) is 30.5 Å². The van der Waals surface area contributed by atoms with Crippen LogP contribution in [-0.4, -0.2) is 10.6 Å². The zero-order valence-electron chi connectivity index (χ0n) is 12.1. The summed E-state index contributed by atoms with van der Waals surface area (Å²) in [5.74, 6) is 0.898. The summed E-state index contributed by atoms with van der Waals surface area (Å²) in [6, 6.07) is 9.69. The molecule has 2 fully saturated rings. The topological polar surface area (TPSA) is 17.0 Å². The van der Waals surface area contributed by atoms with Crippen LogP contribution >= 0.6 is 0 Å². The van der Waals surface area contributed by atoms with Crippen molar-refractivity contribution in [3.05, 3.63) is 36.0 Å². The standard InChI is InChI=1S/C18H24N2/c1-2-6-14(5-1)12-20-13-15(11-19-16-9-10-16)17-7-3-4-8-18(17)20/h3-4,7-8,13-14,16,19H,1-2,5-6,9-12H2. The van der Waals surface area contributed by atoms with Gasteiger partial charge in [0.25, 0.3) is 0 Å². The fourth-order valence-electron chi connectivity index (χ4n) is 3.63. The lowest BCUT2D eigenvalue weighted by Crippen LogP contribution is -2.15. The molecule has 1 aromatic heterocycles. The first-order valence-corrected chi connectivity index (χ1v) is 8.20. The monoisotopic (exact) mass is 268 g/mol. The molecule has 1 heterocycles. The Hall–Kier alpha value is -1.28. The first-order valence-electron chi connectivity index (χ1n) is 8.20. The summed E-state index contributed by atoms with van der Waals surface area (Å²) in [5.41, 5.74) is 2.90. The van der Waals surface area contributed by atoms with E-state index in [-0.39, 0.29) is 0 Å². The first-order chi connectivity index (χ1) is 9.90. The number of rotatable bonds is 5. The zero-order valence-corrected chi connectivity index (χ0v) is 12.1. The molecule has 4 rings (SSSR count). The lowest BCUT2D eigenvalue weighted by molar-refractivity contribution is 0.465. The number of aromatic nitrogens is 1. The van der Waals surface area contributed by atoms with E-state index in [1.54, 1.807) is 0 Å². The van der Waals surface area contributed by atoms with Gasteiger partial charge in [-0.25, -0.2) is 0 Å². The van der Waals surface area contributed by atoms with E-state index >= 15 is 0 Å². The second-order valence-corrected chi connectivity index (χ2v) is 6.63. The Balaban J connectivity index is 1.60.